The van der Waals surface area contributed by atoms with E-state index >= 15 is 0 Å². The van der Waals surface area contributed by atoms with Crippen molar-refractivity contribution in [3.05, 3.63) is 60.0 Å². The van der Waals surface area contributed by atoms with Gasteiger partial charge < -0.3 is 0 Å². The number of benzene rings is 2. The van der Waals surface area contributed by atoms with Crippen LogP contribution in [0.1, 0.15) is 5.56 Å². The summed E-state index contributed by atoms with van der Waals surface area (Å²) in [6, 6.07) is 11.0. The molecular formula is C19H16FN3O2S. The Hall–Kier alpha value is -2.95. The molecule has 0 unspecified atom stereocenters. The third-order valence-corrected chi connectivity index (χ3v) is 4.88. The lowest BCUT2D eigenvalue weighted by molar-refractivity contribution is 0.598. The van der Waals surface area contributed by atoms with Crippen LogP contribution in [-0.4, -0.2) is 18.2 Å². The number of terminal acetylenes is 1. The molecule has 0 spiro atoms. The van der Waals surface area contributed by atoms with Gasteiger partial charge in [-0.15, -0.1) is 6.42 Å². The molecule has 0 bridgehead atoms. The average molecular weight is 369 g/mol. The quantitative estimate of drug-likeness (QED) is 0.718. The Balaban J connectivity index is 2.14. The highest BCUT2D eigenvalue weighted by atomic mass is 32.2. The Morgan fingerprint density at radius 3 is 2.42 bits per heavy atom. The monoisotopic (exact) mass is 369 g/mol. The molecule has 3 rings (SSSR count). The van der Waals surface area contributed by atoms with E-state index in [2.05, 4.69) is 11.0 Å². The summed E-state index contributed by atoms with van der Waals surface area (Å²) in [7, 11) is -3.78. The number of primary sulfonamides is 1. The highest BCUT2D eigenvalue weighted by molar-refractivity contribution is 7.89. The first kappa shape index (κ1) is 17.9. The number of sulfonamides is 1. The van der Waals surface area contributed by atoms with Crippen LogP contribution >= 0.6 is 0 Å². The molecule has 3 aromatic rings. The summed E-state index contributed by atoms with van der Waals surface area (Å²) in [5.74, 6) is 2.19. The number of nitrogens with two attached hydrogens (primary N) is 1. The first-order valence-corrected chi connectivity index (χ1v) is 9.25. The number of hydrogen-bond acceptors (Lipinski definition) is 3. The normalized spacial score (nSPS) is 11.3. The van der Waals surface area contributed by atoms with Gasteiger partial charge in [0.25, 0.3) is 0 Å². The Morgan fingerprint density at radius 2 is 1.85 bits per heavy atom. The van der Waals surface area contributed by atoms with Crippen molar-refractivity contribution in [2.24, 2.45) is 5.14 Å². The fraction of sp³-hybridized carbons (Fsp3) is 0.105. The van der Waals surface area contributed by atoms with Crippen LogP contribution in [0, 0.1) is 25.1 Å². The Labute approximate surface area is 151 Å². The first-order chi connectivity index (χ1) is 12.3. The molecule has 1 heterocycles. The standard InChI is InChI=1S/C19H16FN3O2S/c1-3-10-23-12-17(15-5-4-13(2)18(20)11-15)19(22-23)14-6-8-16(9-7-14)26(21,24)25/h1,4-9,11-12H,10H2,2H3,(H2,21,24,25). The Bertz CT molecular complexity index is 1110. The number of aryl methyl sites for hydroxylation is 1. The van der Waals surface area contributed by atoms with E-state index < -0.39 is 10.0 Å². The lowest BCUT2D eigenvalue weighted by Crippen LogP contribution is -2.11. The average Bonchev–Trinajstić information content (AvgIpc) is 3.01. The maximum Gasteiger partial charge on any atom is 0.238 e. The highest BCUT2D eigenvalue weighted by Gasteiger charge is 2.15. The van der Waals surface area contributed by atoms with Crippen LogP contribution in [-0.2, 0) is 16.6 Å². The van der Waals surface area contributed by atoms with E-state index in [0.717, 1.165) is 0 Å². The molecule has 1 aromatic heterocycles. The third kappa shape index (κ3) is 3.52. The van der Waals surface area contributed by atoms with Crippen LogP contribution in [0.2, 0.25) is 0 Å². The lowest BCUT2D eigenvalue weighted by atomic mass is 10.0. The van der Waals surface area contributed by atoms with Gasteiger partial charge in [-0.2, -0.15) is 5.10 Å². The van der Waals surface area contributed by atoms with Crippen molar-refractivity contribution in [2.75, 3.05) is 0 Å². The molecule has 0 aliphatic heterocycles. The molecule has 7 heteroatoms. The van der Waals surface area contributed by atoms with Crippen molar-refractivity contribution in [1.29, 1.82) is 0 Å². The maximum absolute atomic E-state index is 14.0. The number of aromatic nitrogens is 2. The molecule has 0 atom stereocenters. The van der Waals surface area contributed by atoms with Gasteiger partial charge in [0.15, 0.2) is 0 Å². The van der Waals surface area contributed by atoms with Crippen LogP contribution in [0.5, 0.6) is 0 Å². The largest absolute Gasteiger partial charge is 0.259 e. The predicted molar refractivity (Wildman–Crippen MR) is 98.0 cm³/mol. The van der Waals surface area contributed by atoms with Gasteiger partial charge in [0.2, 0.25) is 10.0 Å². The van der Waals surface area contributed by atoms with E-state index in [-0.39, 0.29) is 17.3 Å². The van der Waals surface area contributed by atoms with E-state index in [0.29, 0.717) is 27.9 Å². The van der Waals surface area contributed by atoms with Crippen molar-refractivity contribution in [3.8, 4) is 34.7 Å². The molecule has 26 heavy (non-hydrogen) atoms. The smallest absolute Gasteiger partial charge is 0.238 e. The first-order valence-electron chi connectivity index (χ1n) is 7.70. The minimum atomic E-state index is -3.78. The van der Waals surface area contributed by atoms with Crippen molar-refractivity contribution >= 4 is 10.0 Å². The van der Waals surface area contributed by atoms with Gasteiger partial charge in [-0.3, -0.25) is 4.68 Å². The van der Waals surface area contributed by atoms with Gasteiger partial charge in [-0.1, -0.05) is 30.2 Å². The van der Waals surface area contributed by atoms with Crippen LogP contribution in [0.4, 0.5) is 4.39 Å². The second kappa shape index (κ2) is 6.75. The molecule has 0 radical (unpaired) electrons. The zero-order valence-electron chi connectivity index (χ0n) is 14.0. The molecule has 0 aliphatic rings. The van der Waals surface area contributed by atoms with Gasteiger partial charge in [-0.25, -0.2) is 17.9 Å². The van der Waals surface area contributed by atoms with Gasteiger partial charge in [-0.05, 0) is 36.2 Å². The number of hydrogen-bond donors (Lipinski definition) is 1. The van der Waals surface area contributed by atoms with E-state index in [1.165, 1.54) is 18.2 Å². The van der Waals surface area contributed by atoms with Crippen LogP contribution in [0.15, 0.2) is 53.6 Å². The van der Waals surface area contributed by atoms with Crippen molar-refractivity contribution < 1.29 is 12.8 Å². The van der Waals surface area contributed by atoms with Gasteiger partial charge in [0.1, 0.15) is 18.1 Å². The minimum Gasteiger partial charge on any atom is -0.259 e. The van der Waals surface area contributed by atoms with Gasteiger partial charge in [0, 0.05) is 17.3 Å². The topological polar surface area (TPSA) is 78.0 Å². The molecule has 132 valence electrons. The van der Waals surface area contributed by atoms with E-state index in [9.17, 15) is 12.8 Å². The highest BCUT2D eigenvalue weighted by Crippen LogP contribution is 2.32. The summed E-state index contributed by atoms with van der Waals surface area (Å²) in [5.41, 5.74) is 3.14. The second-order valence-corrected chi connectivity index (χ2v) is 7.39. The van der Waals surface area contributed by atoms with Crippen LogP contribution < -0.4 is 5.14 Å². The van der Waals surface area contributed by atoms with Crippen LogP contribution in [0.3, 0.4) is 0 Å². The third-order valence-electron chi connectivity index (χ3n) is 3.95. The number of halogens is 1. The Kier molecular flexibility index (Phi) is 4.64. The van der Waals surface area contributed by atoms with E-state index in [4.69, 9.17) is 11.6 Å². The van der Waals surface area contributed by atoms with Crippen molar-refractivity contribution in [3.63, 3.8) is 0 Å². The number of nitrogens with zero attached hydrogens (tertiary/aromatic N) is 2. The summed E-state index contributed by atoms with van der Waals surface area (Å²) in [6.07, 6.45) is 7.10. The zero-order valence-corrected chi connectivity index (χ0v) is 14.8. The molecule has 2 N–H and O–H groups in total. The fourth-order valence-electron chi connectivity index (χ4n) is 2.58. The summed E-state index contributed by atoms with van der Waals surface area (Å²) in [4.78, 5) is 0.00670. The van der Waals surface area contributed by atoms with Crippen molar-refractivity contribution in [1.82, 2.24) is 9.78 Å². The maximum atomic E-state index is 14.0. The van der Waals surface area contributed by atoms with E-state index in [1.807, 2.05) is 0 Å². The van der Waals surface area contributed by atoms with Crippen LogP contribution in [0.25, 0.3) is 22.4 Å². The van der Waals surface area contributed by atoms with E-state index in [1.54, 1.807) is 42.1 Å². The second-order valence-electron chi connectivity index (χ2n) is 5.83. The zero-order chi connectivity index (χ0) is 18.9. The lowest BCUT2D eigenvalue weighted by Gasteiger charge is -2.05. The molecule has 2 aromatic carbocycles. The molecule has 0 fully saturated rings. The molecule has 5 nitrogen and oxygen atoms in total. The molecule has 0 amide bonds. The Morgan fingerprint density at radius 1 is 1.19 bits per heavy atom. The minimum absolute atomic E-state index is 0.00670. The number of rotatable bonds is 4. The summed E-state index contributed by atoms with van der Waals surface area (Å²) in [6.45, 7) is 1.95. The molecule has 0 saturated heterocycles. The SMILES string of the molecule is C#CCn1cc(-c2ccc(C)c(F)c2)c(-c2ccc(S(N)(=O)=O)cc2)n1. The van der Waals surface area contributed by atoms with Crippen molar-refractivity contribution in [2.45, 2.75) is 18.4 Å². The van der Waals surface area contributed by atoms with Gasteiger partial charge >= 0.3 is 0 Å². The fourth-order valence-corrected chi connectivity index (χ4v) is 3.10. The summed E-state index contributed by atoms with van der Waals surface area (Å²) in [5, 5.41) is 9.59. The molecular weight excluding hydrogens is 353 g/mol. The predicted octanol–water partition coefficient (Wildman–Crippen LogP) is 2.95. The molecule has 0 aliphatic carbocycles. The summed E-state index contributed by atoms with van der Waals surface area (Å²) >= 11 is 0. The van der Waals surface area contributed by atoms with Gasteiger partial charge in [0.05, 0.1) is 4.90 Å². The summed E-state index contributed by atoms with van der Waals surface area (Å²) < 4.78 is 38.4. The molecule has 0 saturated carbocycles.